The minimum absolute atomic E-state index is 0.0166. The normalized spacial score (nSPS) is 13.2. The van der Waals surface area contributed by atoms with Crippen LogP contribution < -0.4 is 15.0 Å². The Morgan fingerprint density at radius 3 is 2.43 bits per heavy atom. The molecule has 0 saturated heterocycles. The van der Waals surface area contributed by atoms with Crippen molar-refractivity contribution >= 4 is 50.3 Å². The van der Waals surface area contributed by atoms with Gasteiger partial charge in [-0.05, 0) is 123 Å². The van der Waals surface area contributed by atoms with Crippen LogP contribution in [0.4, 0.5) is 10.9 Å². The molecule has 56 heavy (non-hydrogen) atoms. The number of carboxylic acid groups (broad SMARTS) is 1. The standard InChI is InChI=1S/C45H44N4O6S/c1-27(25-40(50)51)24-29-16-18-31(19-17-29)54-37-14-9-11-32(28(37)2)33-20-21-39(47-41(33)43(53)55-45(3,4)5)49-23-22-30-10-8-12-34(35(30)26-49)42(52)48-44-46-36-13-6-7-15-38(36)56-44/h6-21,27H,22-26H2,1-5H3,(H,50,51)(H,46,48,52). The van der Waals surface area contributed by atoms with Gasteiger partial charge < -0.3 is 19.5 Å². The summed E-state index contributed by atoms with van der Waals surface area (Å²) < 4.78 is 13.2. The van der Waals surface area contributed by atoms with Gasteiger partial charge in [0.05, 0.1) is 10.2 Å². The molecule has 286 valence electrons. The number of ether oxygens (including phenoxy) is 2. The molecule has 2 N–H and O–H groups in total. The quantitative estimate of drug-likeness (QED) is 0.124. The van der Waals surface area contributed by atoms with Crippen molar-refractivity contribution in [1.82, 2.24) is 9.97 Å². The minimum Gasteiger partial charge on any atom is -0.481 e. The van der Waals surface area contributed by atoms with Crippen molar-refractivity contribution in [2.45, 2.75) is 66.0 Å². The van der Waals surface area contributed by atoms with Crippen LogP contribution in [-0.2, 0) is 28.9 Å². The highest BCUT2D eigenvalue weighted by molar-refractivity contribution is 7.22. The van der Waals surface area contributed by atoms with Gasteiger partial charge in [-0.2, -0.15) is 0 Å². The van der Waals surface area contributed by atoms with Gasteiger partial charge in [-0.15, -0.1) is 0 Å². The number of carbonyl (C=O) groups is 3. The van der Waals surface area contributed by atoms with E-state index in [1.807, 2.05) is 126 Å². The van der Waals surface area contributed by atoms with E-state index in [4.69, 9.17) is 19.6 Å². The van der Waals surface area contributed by atoms with E-state index in [1.165, 1.54) is 11.3 Å². The first-order chi connectivity index (χ1) is 26.8. The number of para-hydroxylation sites is 1. The number of pyridine rings is 1. The smallest absolute Gasteiger partial charge is 0.358 e. The molecule has 4 aromatic carbocycles. The number of aliphatic carboxylic acids is 1. The van der Waals surface area contributed by atoms with Crippen molar-refractivity contribution < 1.29 is 29.0 Å². The predicted molar refractivity (Wildman–Crippen MR) is 220 cm³/mol. The molecule has 10 nitrogen and oxygen atoms in total. The van der Waals surface area contributed by atoms with Crippen LogP contribution in [0.25, 0.3) is 21.3 Å². The first-order valence-electron chi connectivity index (χ1n) is 18.7. The number of hydrogen-bond donors (Lipinski definition) is 2. The fourth-order valence-electron chi connectivity index (χ4n) is 7.01. The molecule has 11 heteroatoms. The lowest BCUT2D eigenvalue weighted by Gasteiger charge is -2.31. The Bertz CT molecular complexity index is 2400. The van der Waals surface area contributed by atoms with Gasteiger partial charge in [0.25, 0.3) is 5.91 Å². The summed E-state index contributed by atoms with van der Waals surface area (Å²) in [5, 5.41) is 12.7. The third-order valence-corrected chi connectivity index (χ3v) is 10.6. The molecule has 2 aromatic heterocycles. The molecule has 1 unspecified atom stereocenters. The third kappa shape index (κ3) is 8.74. The van der Waals surface area contributed by atoms with E-state index >= 15 is 0 Å². The molecule has 7 rings (SSSR count). The summed E-state index contributed by atoms with van der Waals surface area (Å²) in [5.41, 5.74) is 6.09. The number of carbonyl (C=O) groups excluding carboxylic acids is 2. The number of nitrogens with one attached hydrogen (secondary N) is 1. The predicted octanol–water partition coefficient (Wildman–Crippen LogP) is 9.88. The third-order valence-electron chi connectivity index (χ3n) is 9.66. The number of nitrogens with zero attached hydrogens (tertiary/aromatic N) is 3. The van der Waals surface area contributed by atoms with Crippen molar-refractivity contribution in [1.29, 1.82) is 0 Å². The van der Waals surface area contributed by atoms with Gasteiger partial charge >= 0.3 is 11.9 Å². The maximum atomic E-state index is 13.9. The highest BCUT2D eigenvalue weighted by atomic mass is 32.1. The van der Waals surface area contributed by atoms with Gasteiger partial charge in [-0.25, -0.2) is 14.8 Å². The van der Waals surface area contributed by atoms with Crippen LogP contribution in [0.15, 0.2) is 97.1 Å². The molecule has 0 fully saturated rings. The molecular weight excluding hydrogens is 725 g/mol. The summed E-state index contributed by atoms with van der Waals surface area (Å²) in [6, 6.07) is 30.8. The number of benzene rings is 4. The Balaban J connectivity index is 1.16. The van der Waals surface area contributed by atoms with Crippen molar-refractivity contribution in [3.8, 4) is 22.6 Å². The molecule has 3 heterocycles. The Morgan fingerprint density at radius 1 is 0.911 bits per heavy atom. The van der Waals surface area contributed by atoms with E-state index in [1.54, 1.807) is 0 Å². The number of amides is 1. The number of hydrogen-bond acceptors (Lipinski definition) is 9. The fourth-order valence-corrected chi connectivity index (χ4v) is 7.87. The van der Waals surface area contributed by atoms with Gasteiger partial charge in [-0.3, -0.25) is 14.9 Å². The van der Waals surface area contributed by atoms with E-state index in [-0.39, 0.29) is 23.9 Å². The maximum Gasteiger partial charge on any atom is 0.358 e. The molecular formula is C45H44N4O6S. The number of carboxylic acids is 1. The first kappa shape index (κ1) is 38.2. The molecule has 0 spiro atoms. The van der Waals surface area contributed by atoms with E-state index in [2.05, 4.69) is 21.3 Å². The lowest BCUT2D eigenvalue weighted by molar-refractivity contribution is -0.137. The molecule has 0 bridgehead atoms. The topological polar surface area (TPSA) is 131 Å². The fraction of sp³-hybridized carbons (Fsp3) is 0.267. The molecule has 6 aromatic rings. The van der Waals surface area contributed by atoms with Gasteiger partial charge in [0.15, 0.2) is 10.8 Å². The number of anilines is 2. The molecule has 1 aliphatic heterocycles. The second-order valence-electron chi connectivity index (χ2n) is 15.2. The monoisotopic (exact) mass is 768 g/mol. The molecule has 0 aliphatic carbocycles. The maximum absolute atomic E-state index is 13.9. The van der Waals surface area contributed by atoms with Crippen molar-refractivity contribution in [2.75, 3.05) is 16.8 Å². The SMILES string of the molecule is Cc1c(Oc2ccc(CC(C)CC(=O)O)cc2)cccc1-c1ccc(N2CCc3cccc(C(=O)Nc4nc5ccccc5s4)c3C2)nc1C(=O)OC(C)(C)C. The summed E-state index contributed by atoms with van der Waals surface area (Å²) in [4.78, 5) is 50.3. The Kier molecular flexibility index (Phi) is 10.9. The molecule has 0 saturated carbocycles. The minimum atomic E-state index is -0.804. The second kappa shape index (κ2) is 16.0. The average molecular weight is 769 g/mol. The Labute approximate surface area is 330 Å². The number of thiazole rings is 1. The van der Waals surface area contributed by atoms with Crippen LogP contribution in [0.3, 0.4) is 0 Å². The molecule has 0 radical (unpaired) electrons. The average Bonchev–Trinajstić information content (AvgIpc) is 3.57. The first-order valence-corrected chi connectivity index (χ1v) is 19.5. The van der Waals surface area contributed by atoms with Gasteiger partial charge in [0.2, 0.25) is 0 Å². The van der Waals surface area contributed by atoms with E-state index in [9.17, 15) is 14.4 Å². The number of fused-ring (bicyclic) bond motifs is 2. The lowest BCUT2D eigenvalue weighted by Crippen LogP contribution is -2.33. The Morgan fingerprint density at radius 2 is 1.68 bits per heavy atom. The number of aromatic nitrogens is 2. The largest absolute Gasteiger partial charge is 0.481 e. The number of esters is 1. The van der Waals surface area contributed by atoms with Crippen LogP contribution >= 0.6 is 11.3 Å². The number of rotatable bonds is 11. The van der Waals surface area contributed by atoms with Gasteiger partial charge in [-0.1, -0.05) is 66.8 Å². The van der Waals surface area contributed by atoms with Crippen molar-refractivity contribution in [2.24, 2.45) is 5.92 Å². The summed E-state index contributed by atoms with van der Waals surface area (Å²) >= 11 is 1.44. The summed E-state index contributed by atoms with van der Waals surface area (Å²) in [5.74, 6) is 0.312. The molecule has 1 aliphatic rings. The zero-order chi connectivity index (χ0) is 39.6. The van der Waals surface area contributed by atoms with Crippen LogP contribution in [0.2, 0.25) is 0 Å². The van der Waals surface area contributed by atoms with Crippen LogP contribution in [-0.4, -0.2) is 45.1 Å². The van der Waals surface area contributed by atoms with Crippen molar-refractivity contribution in [3.05, 3.63) is 131 Å². The summed E-state index contributed by atoms with van der Waals surface area (Å²) in [6.45, 7) is 10.4. The van der Waals surface area contributed by atoms with E-state index < -0.39 is 17.5 Å². The highest BCUT2D eigenvalue weighted by Gasteiger charge is 2.28. The van der Waals surface area contributed by atoms with E-state index in [0.717, 1.165) is 38.0 Å². The van der Waals surface area contributed by atoms with Crippen molar-refractivity contribution in [3.63, 3.8) is 0 Å². The van der Waals surface area contributed by atoms with Crippen LogP contribution in [0, 0.1) is 12.8 Å². The van der Waals surface area contributed by atoms with Crippen LogP contribution in [0.1, 0.15) is 77.2 Å². The van der Waals surface area contributed by atoms with Crippen LogP contribution in [0.5, 0.6) is 11.5 Å². The zero-order valence-corrected chi connectivity index (χ0v) is 32.9. The van der Waals surface area contributed by atoms with E-state index in [0.29, 0.717) is 59.5 Å². The van der Waals surface area contributed by atoms with Gasteiger partial charge in [0.1, 0.15) is 22.9 Å². The molecule has 1 atom stereocenters. The molecule has 1 amide bonds. The summed E-state index contributed by atoms with van der Waals surface area (Å²) in [6.07, 6.45) is 1.47. The summed E-state index contributed by atoms with van der Waals surface area (Å²) in [7, 11) is 0. The zero-order valence-electron chi connectivity index (χ0n) is 32.1. The second-order valence-corrected chi connectivity index (χ2v) is 16.2. The highest BCUT2D eigenvalue weighted by Crippen LogP contribution is 2.37. The lowest BCUT2D eigenvalue weighted by atomic mass is 9.94. The van der Waals surface area contributed by atoms with Gasteiger partial charge in [0, 0.05) is 30.6 Å². The Hall–Kier alpha value is -6.07.